The van der Waals surface area contributed by atoms with Crippen LogP contribution in [0.5, 0.6) is 11.5 Å². The third-order valence-electron chi connectivity index (χ3n) is 7.49. The average molecular weight is 670 g/mol. The van der Waals surface area contributed by atoms with Gasteiger partial charge in [0.25, 0.3) is 0 Å². The normalized spacial score (nSPS) is 12.3. The van der Waals surface area contributed by atoms with Crippen LogP contribution in [-0.2, 0) is 41.0 Å². The van der Waals surface area contributed by atoms with E-state index >= 15 is 0 Å². The molecular weight excluding hydrogens is 627 g/mol. The van der Waals surface area contributed by atoms with E-state index in [-0.39, 0.29) is 31.3 Å². The van der Waals surface area contributed by atoms with E-state index in [0.717, 1.165) is 33.7 Å². The number of benzene rings is 2. The first-order valence-electron chi connectivity index (χ1n) is 15.1. The van der Waals surface area contributed by atoms with Gasteiger partial charge in [-0.3, -0.25) is 4.79 Å². The van der Waals surface area contributed by atoms with Crippen LogP contribution >= 0.6 is 22.7 Å². The second-order valence-electron chi connectivity index (χ2n) is 10.8. The summed E-state index contributed by atoms with van der Waals surface area (Å²) in [5.74, 6) is 1.28. The molecule has 0 aliphatic heterocycles. The highest BCUT2D eigenvalue weighted by molar-refractivity contribution is 7.89. The molecule has 4 rings (SSSR count). The van der Waals surface area contributed by atoms with Crippen molar-refractivity contribution in [3.63, 3.8) is 0 Å². The average Bonchev–Trinajstić information content (AvgIpc) is 3.77. The highest BCUT2D eigenvalue weighted by Gasteiger charge is 2.27. The fourth-order valence-corrected chi connectivity index (χ4v) is 7.71. The molecule has 1 atom stereocenters. The minimum Gasteiger partial charge on any atom is -0.497 e. The summed E-state index contributed by atoms with van der Waals surface area (Å²) >= 11 is 3.26. The topological polar surface area (TPSA) is 88.2 Å². The van der Waals surface area contributed by atoms with Gasteiger partial charge < -0.3 is 19.7 Å². The Morgan fingerprint density at radius 2 is 1.31 bits per heavy atom. The zero-order chi connectivity index (χ0) is 32.1. The van der Waals surface area contributed by atoms with Gasteiger partial charge >= 0.3 is 0 Å². The molecule has 2 heterocycles. The first-order valence-corrected chi connectivity index (χ1v) is 18.5. The number of nitrogens with zero attached hydrogens (tertiary/aromatic N) is 2. The van der Waals surface area contributed by atoms with Gasteiger partial charge in [0.1, 0.15) is 11.5 Å². The van der Waals surface area contributed by atoms with Crippen molar-refractivity contribution in [2.24, 2.45) is 0 Å². The predicted molar refractivity (Wildman–Crippen MR) is 183 cm³/mol. The van der Waals surface area contributed by atoms with Gasteiger partial charge in [0.2, 0.25) is 15.9 Å². The lowest BCUT2D eigenvalue weighted by Gasteiger charge is -2.28. The first-order chi connectivity index (χ1) is 21.8. The van der Waals surface area contributed by atoms with E-state index in [4.69, 9.17) is 9.47 Å². The van der Waals surface area contributed by atoms with E-state index < -0.39 is 16.1 Å². The summed E-state index contributed by atoms with van der Waals surface area (Å²) in [6.07, 6.45) is 2.45. The molecule has 0 bridgehead atoms. The Morgan fingerprint density at radius 1 is 0.800 bits per heavy atom. The third-order valence-corrected chi connectivity index (χ3v) is 11.0. The van der Waals surface area contributed by atoms with Gasteiger partial charge in [0.15, 0.2) is 0 Å². The maximum absolute atomic E-state index is 14.0. The minimum absolute atomic E-state index is 0.00373. The molecule has 0 aliphatic carbocycles. The molecule has 4 aromatic rings. The van der Waals surface area contributed by atoms with E-state index in [1.54, 1.807) is 36.9 Å². The number of thiophene rings is 2. The fourth-order valence-electron chi connectivity index (χ4n) is 4.95. The van der Waals surface area contributed by atoms with Gasteiger partial charge in [-0.15, -0.1) is 22.7 Å². The van der Waals surface area contributed by atoms with Crippen LogP contribution < -0.4 is 14.8 Å². The Labute approximate surface area is 275 Å². The molecule has 45 heavy (non-hydrogen) atoms. The molecule has 0 radical (unpaired) electrons. The van der Waals surface area contributed by atoms with E-state index in [1.807, 2.05) is 88.5 Å². The third kappa shape index (κ3) is 10.7. The van der Waals surface area contributed by atoms with Crippen molar-refractivity contribution in [2.45, 2.75) is 58.4 Å². The first kappa shape index (κ1) is 34.6. The number of hydrogen-bond acceptors (Lipinski definition) is 8. The van der Waals surface area contributed by atoms with Crippen molar-refractivity contribution in [2.75, 3.05) is 26.5 Å². The molecule has 242 valence electrons. The maximum Gasteiger partial charge on any atom is 0.240 e. The van der Waals surface area contributed by atoms with Gasteiger partial charge in [-0.1, -0.05) is 56.2 Å². The second-order valence-corrected chi connectivity index (χ2v) is 14.9. The van der Waals surface area contributed by atoms with Crippen molar-refractivity contribution in [3.05, 3.63) is 104 Å². The van der Waals surface area contributed by atoms with E-state index in [0.29, 0.717) is 31.0 Å². The number of carbonyl (C=O) groups is 1. The SMILES string of the molecule is CCCC[C@H](NCCS(=O)(=O)N(Cc1ccc(OC)cc1)Cc1ccc(OC)cc1)C(=O)N(Cc1cccs1)Cc1cccs1. The van der Waals surface area contributed by atoms with Crippen LogP contribution in [0.4, 0.5) is 0 Å². The van der Waals surface area contributed by atoms with Crippen LogP contribution in [0.15, 0.2) is 83.6 Å². The molecule has 0 unspecified atom stereocenters. The van der Waals surface area contributed by atoms with Crippen LogP contribution in [0.3, 0.4) is 0 Å². The van der Waals surface area contributed by atoms with Crippen LogP contribution in [0, 0.1) is 0 Å². The van der Waals surface area contributed by atoms with Gasteiger partial charge in [-0.2, -0.15) is 4.31 Å². The summed E-state index contributed by atoms with van der Waals surface area (Å²) in [7, 11) is -0.504. The lowest BCUT2D eigenvalue weighted by molar-refractivity contribution is -0.134. The lowest BCUT2D eigenvalue weighted by atomic mass is 10.1. The van der Waals surface area contributed by atoms with E-state index in [9.17, 15) is 13.2 Å². The Morgan fingerprint density at radius 3 is 1.73 bits per heavy atom. The molecule has 0 fully saturated rings. The maximum atomic E-state index is 14.0. The molecule has 11 heteroatoms. The van der Waals surface area contributed by atoms with Crippen LogP contribution in [0.1, 0.15) is 47.1 Å². The summed E-state index contributed by atoms with van der Waals surface area (Å²) < 4.78 is 39.8. The summed E-state index contributed by atoms with van der Waals surface area (Å²) in [5, 5.41) is 7.38. The molecule has 0 saturated heterocycles. The van der Waals surface area contributed by atoms with Crippen molar-refractivity contribution < 1.29 is 22.7 Å². The Kier molecular flexibility index (Phi) is 13.5. The molecule has 2 aromatic carbocycles. The summed E-state index contributed by atoms with van der Waals surface area (Å²) in [5.41, 5.74) is 1.71. The molecule has 0 spiro atoms. The summed E-state index contributed by atoms with van der Waals surface area (Å²) in [6, 6.07) is 22.4. The largest absolute Gasteiger partial charge is 0.497 e. The zero-order valence-corrected chi connectivity index (χ0v) is 28.6. The number of hydrogen-bond donors (Lipinski definition) is 1. The van der Waals surface area contributed by atoms with Gasteiger partial charge in [-0.05, 0) is 64.7 Å². The molecule has 2 aromatic heterocycles. The fraction of sp³-hybridized carbons (Fsp3) is 0.382. The zero-order valence-electron chi connectivity index (χ0n) is 26.2. The lowest BCUT2D eigenvalue weighted by Crippen LogP contribution is -2.47. The highest BCUT2D eigenvalue weighted by Crippen LogP contribution is 2.21. The molecule has 8 nitrogen and oxygen atoms in total. The number of methoxy groups -OCH3 is 2. The molecule has 1 N–H and O–H groups in total. The van der Waals surface area contributed by atoms with Gasteiger partial charge in [-0.25, -0.2) is 8.42 Å². The van der Waals surface area contributed by atoms with Crippen LogP contribution in [-0.4, -0.2) is 56.1 Å². The van der Waals surface area contributed by atoms with Crippen molar-refractivity contribution >= 4 is 38.6 Å². The highest BCUT2D eigenvalue weighted by atomic mass is 32.2. The Balaban J connectivity index is 1.48. The van der Waals surface area contributed by atoms with Gasteiger partial charge in [0, 0.05) is 29.4 Å². The number of amides is 1. The van der Waals surface area contributed by atoms with Crippen LogP contribution in [0.2, 0.25) is 0 Å². The molecule has 0 saturated carbocycles. The number of sulfonamides is 1. The number of nitrogens with one attached hydrogen (secondary N) is 1. The standard InChI is InChI=1S/C34H43N3O5S3/c1-4-5-10-33(34(38)36(25-31-8-6-20-43-31)26-32-9-7-21-44-32)35-19-22-45(39,40)37(23-27-11-15-29(41-2)16-12-27)24-28-13-17-30(42-3)18-14-28/h6-9,11-18,20-21,33,35H,4-5,10,19,22-26H2,1-3H3/t33-/m0/s1. The number of carbonyl (C=O) groups excluding carboxylic acids is 1. The quantitative estimate of drug-likeness (QED) is 0.122. The Bertz CT molecular complexity index is 1440. The predicted octanol–water partition coefficient (Wildman–Crippen LogP) is 6.54. The van der Waals surface area contributed by atoms with Crippen molar-refractivity contribution in [1.29, 1.82) is 0 Å². The molecular formula is C34H43N3O5S3. The van der Waals surface area contributed by atoms with Crippen molar-refractivity contribution in [3.8, 4) is 11.5 Å². The van der Waals surface area contributed by atoms with Crippen molar-refractivity contribution in [1.82, 2.24) is 14.5 Å². The second kappa shape index (κ2) is 17.5. The minimum atomic E-state index is -3.71. The molecule has 1 amide bonds. The van der Waals surface area contributed by atoms with Gasteiger partial charge in [0.05, 0.1) is 39.1 Å². The smallest absolute Gasteiger partial charge is 0.240 e. The Hall–Kier alpha value is -3.22. The van der Waals surface area contributed by atoms with Crippen LogP contribution in [0.25, 0.3) is 0 Å². The molecule has 0 aliphatic rings. The number of ether oxygens (including phenoxy) is 2. The number of unbranched alkanes of at least 4 members (excludes halogenated alkanes) is 1. The van der Waals surface area contributed by atoms with E-state index in [2.05, 4.69) is 12.2 Å². The summed E-state index contributed by atoms with van der Waals surface area (Å²) in [6.45, 7) is 3.73. The van der Waals surface area contributed by atoms with E-state index in [1.165, 1.54) is 4.31 Å². The number of rotatable bonds is 19. The summed E-state index contributed by atoms with van der Waals surface area (Å²) in [4.78, 5) is 18.1. The monoisotopic (exact) mass is 669 g/mol.